The molecule has 2 aromatic heterocycles. The van der Waals surface area contributed by atoms with Crippen molar-refractivity contribution in [3.63, 3.8) is 0 Å². The lowest BCUT2D eigenvalue weighted by Gasteiger charge is -2.03. The number of hydrogen-bond donors (Lipinski definition) is 1. The minimum absolute atomic E-state index is 0.244. The van der Waals surface area contributed by atoms with Gasteiger partial charge in [-0.1, -0.05) is 43.4 Å². The lowest BCUT2D eigenvalue weighted by Crippen LogP contribution is -2.07. The summed E-state index contributed by atoms with van der Waals surface area (Å²) < 4.78 is 11.9. The number of hydrogen-bond acceptors (Lipinski definition) is 7. The number of methoxy groups -OCH3 is 1. The van der Waals surface area contributed by atoms with Gasteiger partial charge in [0.25, 0.3) is 0 Å². The molecule has 0 aliphatic heterocycles. The molecule has 0 unspecified atom stereocenters. The van der Waals surface area contributed by atoms with E-state index < -0.39 is 0 Å². The Labute approximate surface area is 172 Å². The Balaban J connectivity index is 1.53. The first-order chi connectivity index (χ1) is 13.5. The molecular weight excluding hydrogens is 394 g/mol. The van der Waals surface area contributed by atoms with Crippen LogP contribution < -0.4 is 10.1 Å². The number of benzene rings is 1. The second-order valence-electron chi connectivity index (χ2n) is 6.15. The molecule has 0 radical (unpaired) electrons. The zero-order valence-electron chi connectivity index (χ0n) is 15.8. The van der Waals surface area contributed by atoms with Crippen LogP contribution >= 0.6 is 23.1 Å². The summed E-state index contributed by atoms with van der Waals surface area (Å²) in [4.78, 5) is 20.7. The number of nitrogens with zero attached hydrogens (tertiary/aromatic N) is 2. The summed E-state index contributed by atoms with van der Waals surface area (Å²) in [6.07, 6.45) is 6.69. The number of amides is 1. The third-order valence-electron chi connectivity index (χ3n) is 3.75. The van der Waals surface area contributed by atoms with Gasteiger partial charge in [-0.15, -0.1) is 11.8 Å². The SMILES string of the molecule is COc1ccccc1C=CC(=O)Nc1ncc(SCc2ncc(C(C)C)o2)s1. The standard InChI is InChI=1S/C20H21N3O3S2/c1-13(2)16-10-21-18(26-16)12-27-19-11-22-20(28-19)23-17(24)9-8-14-6-4-5-7-15(14)25-3/h4-11,13H,12H2,1-3H3,(H,22,23,24). The highest BCUT2D eigenvalue weighted by atomic mass is 32.2. The Kier molecular flexibility index (Phi) is 6.89. The molecule has 1 aromatic carbocycles. The van der Waals surface area contributed by atoms with Crippen molar-refractivity contribution in [2.75, 3.05) is 12.4 Å². The van der Waals surface area contributed by atoms with E-state index in [1.54, 1.807) is 37.3 Å². The van der Waals surface area contributed by atoms with Gasteiger partial charge in [0.1, 0.15) is 11.5 Å². The first-order valence-corrected chi connectivity index (χ1v) is 10.5. The van der Waals surface area contributed by atoms with E-state index in [1.165, 1.54) is 17.4 Å². The van der Waals surface area contributed by atoms with Crippen LogP contribution in [-0.2, 0) is 10.5 Å². The number of nitrogens with one attached hydrogen (secondary N) is 1. The molecule has 3 aromatic rings. The summed E-state index contributed by atoms with van der Waals surface area (Å²) in [5.74, 6) is 2.98. The van der Waals surface area contributed by atoms with E-state index in [2.05, 4.69) is 29.1 Å². The van der Waals surface area contributed by atoms with E-state index in [1.807, 2.05) is 24.3 Å². The molecule has 0 atom stereocenters. The van der Waals surface area contributed by atoms with Crippen LogP contribution in [0, 0.1) is 0 Å². The van der Waals surface area contributed by atoms with Crippen LogP contribution in [0.4, 0.5) is 5.13 Å². The van der Waals surface area contributed by atoms with E-state index in [9.17, 15) is 4.79 Å². The quantitative estimate of drug-likeness (QED) is 0.402. The van der Waals surface area contributed by atoms with Crippen molar-refractivity contribution in [1.82, 2.24) is 9.97 Å². The average molecular weight is 416 g/mol. The summed E-state index contributed by atoms with van der Waals surface area (Å²) in [5.41, 5.74) is 0.835. The number of ether oxygens (including phenoxy) is 1. The van der Waals surface area contributed by atoms with Crippen LogP contribution in [0.2, 0.25) is 0 Å². The van der Waals surface area contributed by atoms with E-state index >= 15 is 0 Å². The van der Waals surface area contributed by atoms with Crippen LogP contribution in [0.5, 0.6) is 5.75 Å². The van der Waals surface area contributed by atoms with Crippen LogP contribution in [-0.4, -0.2) is 23.0 Å². The lowest BCUT2D eigenvalue weighted by molar-refractivity contribution is -0.111. The fraction of sp³-hybridized carbons (Fsp3) is 0.250. The molecule has 0 bridgehead atoms. The molecule has 0 fully saturated rings. The van der Waals surface area contributed by atoms with Gasteiger partial charge in [0.05, 0.1) is 29.5 Å². The predicted octanol–water partition coefficient (Wildman–Crippen LogP) is 5.21. The molecule has 2 heterocycles. The fourth-order valence-corrected chi connectivity index (χ4v) is 4.02. The maximum Gasteiger partial charge on any atom is 0.250 e. The zero-order valence-corrected chi connectivity index (χ0v) is 17.5. The maximum atomic E-state index is 12.1. The molecule has 3 rings (SSSR count). The number of carbonyl (C=O) groups is 1. The number of carbonyl (C=O) groups excluding carboxylic acids is 1. The largest absolute Gasteiger partial charge is 0.496 e. The molecule has 0 spiro atoms. The highest BCUT2D eigenvalue weighted by Gasteiger charge is 2.10. The van der Waals surface area contributed by atoms with E-state index in [4.69, 9.17) is 9.15 Å². The molecule has 6 nitrogen and oxygen atoms in total. The number of thioether (sulfide) groups is 1. The molecule has 8 heteroatoms. The predicted molar refractivity (Wildman–Crippen MR) is 113 cm³/mol. The molecular formula is C20H21N3O3S2. The summed E-state index contributed by atoms with van der Waals surface area (Å²) in [6, 6.07) is 7.50. The maximum absolute atomic E-state index is 12.1. The third kappa shape index (κ3) is 5.46. The summed E-state index contributed by atoms with van der Waals surface area (Å²) in [6.45, 7) is 4.13. The third-order valence-corrected chi connectivity index (χ3v) is 5.84. The summed E-state index contributed by atoms with van der Waals surface area (Å²) >= 11 is 2.99. The van der Waals surface area contributed by atoms with E-state index in [-0.39, 0.29) is 5.91 Å². The minimum Gasteiger partial charge on any atom is -0.496 e. The molecule has 1 N–H and O–H groups in total. The highest BCUT2D eigenvalue weighted by Crippen LogP contribution is 2.31. The number of anilines is 1. The van der Waals surface area contributed by atoms with Crippen LogP contribution in [0.15, 0.2) is 51.4 Å². The van der Waals surface area contributed by atoms with Gasteiger partial charge in [0.2, 0.25) is 11.8 Å². The number of thiazole rings is 1. The Morgan fingerprint density at radius 3 is 2.89 bits per heavy atom. The van der Waals surface area contributed by atoms with Crippen LogP contribution in [0.25, 0.3) is 6.08 Å². The van der Waals surface area contributed by atoms with Gasteiger partial charge >= 0.3 is 0 Å². The lowest BCUT2D eigenvalue weighted by atomic mass is 10.2. The Morgan fingerprint density at radius 2 is 2.14 bits per heavy atom. The van der Waals surface area contributed by atoms with Crippen LogP contribution in [0.1, 0.15) is 37.0 Å². The van der Waals surface area contributed by atoms with Crippen molar-refractivity contribution in [3.05, 3.63) is 59.9 Å². The molecule has 0 saturated heterocycles. The molecule has 0 saturated carbocycles. The Hall–Kier alpha value is -2.58. The van der Waals surface area contributed by atoms with Crippen LogP contribution in [0.3, 0.4) is 0 Å². The Bertz CT molecular complexity index is 963. The van der Waals surface area contributed by atoms with Gasteiger partial charge < -0.3 is 9.15 Å². The number of oxazole rings is 1. The first kappa shape index (κ1) is 20.2. The van der Waals surface area contributed by atoms with Crippen molar-refractivity contribution < 1.29 is 13.9 Å². The smallest absolute Gasteiger partial charge is 0.250 e. The van der Waals surface area contributed by atoms with Gasteiger partial charge in [-0.25, -0.2) is 9.97 Å². The summed E-state index contributed by atoms with van der Waals surface area (Å²) in [7, 11) is 1.60. The van der Waals surface area contributed by atoms with Gasteiger partial charge in [-0.3, -0.25) is 10.1 Å². The van der Waals surface area contributed by atoms with E-state index in [0.717, 1.165) is 15.5 Å². The van der Waals surface area contributed by atoms with Crippen molar-refractivity contribution in [1.29, 1.82) is 0 Å². The van der Waals surface area contributed by atoms with Gasteiger partial charge in [0.15, 0.2) is 5.13 Å². The first-order valence-electron chi connectivity index (χ1n) is 8.70. The molecule has 0 aliphatic rings. The molecule has 146 valence electrons. The topological polar surface area (TPSA) is 77.2 Å². The molecule has 0 aliphatic carbocycles. The average Bonchev–Trinajstić information content (AvgIpc) is 3.34. The van der Waals surface area contributed by atoms with E-state index in [0.29, 0.717) is 28.4 Å². The number of aromatic nitrogens is 2. The normalized spacial score (nSPS) is 11.3. The highest BCUT2D eigenvalue weighted by molar-refractivity contribution is 8.00. The van der Waals surface area contributed by atoms with Crippen molar-refractivity contribution in [2.45, 2.75) is 29.7 Å². The number of rotatable bonds is 8. The van der Waals surface area contributed by atoms with Crippen molar-refractivity contribution >= 4 is 40.2 Å². The zero-order chi connectivity index (χ0) is 19.9. The minimum atomic E-state index is -0.244. The molecule has 28 heavy (non-hydrogen) atoms. The van der Waals surface area contributed by atoms with Crippen molar-refractivity contribution in [2.24, 2.45) is 0 Å². The molecule has 1 amide bonds. The Morgan fingerprint density at radius 1 is 1.32 bits per heavy atom. The van der Waals surface area contributed by atoms with Gasteiger partial charge in [0, 0.05) is 17.6 Å². The van der Waals surface area contributed by atoms with Gasteiger partial charge in [-0.2, -0.15) is 0 Å². The van der Waals surface area contributed by atoms with Crippen molar-refractivity contribution in [3.8, 4) is 5.75 Å². The second kappa shape index (κ2) is 9.57. The fourth-order valence-electron chi connectivity index (χ4n) is 2.29. The van der Waals surface area contributed by atoms with Gasteiger partial charge in [-0.05, 0) is 12.1 Å². The number of para-hydroxylation sites is 1. The monoisotopic (exact) mass is 415 g/mol. The summed E-state index contributed by atoms with van der Waals surface area (Å²) in [5, 5.41) is 3.32. The second-order valence-corrected chi connectivity index (χ2v) is 8.45.